The van der Waals surface area contributed by atoms with E-state index < -0.39 is 12.1 Å². The van der Waals surface area contributed by atoms with Gasteiger partial charge in [0.1, 0.15) is 12.1 Å². The van der Waals surface area contributed by atoms with Crippen LogP contribution in [0, 0.1) is 11.8 Å². The van der Waals surface area contributed by atoms with Gasteiger partial charge in [-0.1, -0.05) is 42.0 Å². The number of carbonyl (C=O) groups is 3. The molecule has 196 valence electrons. The number of hydrogen-bond acceptors (Lipinski definition) is 4. The molecular weight excluding hydrogens is 452 g/mol. The summed E-state index contributed by atoms with van der Waals surface area (Å²) in [5.41, 5.74) is 2.45. The van der Waals surface area contributed by atoms with Crippen LogP contribution in [0.4, 0.5) is 0 Å². The number of piperidine rings is 2. The van der Waals surface area contributed by atoms with E-state index in [1.807, 2.05) is 35.2 Å². The fraction of sp³-hybridized carbons (Fsp3) is 0.621. The van der Waals surface area contributed by atoms with Gasteiger partial charge in [-0.25, -0.2) is 0 Å². The molecule has 0 radical (unpaired) electrons. The highest BCUT2D eigenvalue weighted by Crippen LogP contribution is 2.36. The first-order chi connectivity index (χ1) is 17.3. The SMILES string of the molecule is CC(C)=CCN1C[C@@H]2C[C@H](C1)[C@@H]1CCCC(=O)NC(CCc3ccccc3)C(=O)N[C@H](C)C(=O)N1C2. The Bertz CT molecular complexity index is 959. The van der Waals surface area contributed by atoms with Crippen LogP contribution >= 0.6 is 0 Å². The van der Waals surface area contributed by atoms with E-state index in [1.54, 1.807) is 6.92 Å². The van der Waals surface area contributed by atoms with E-state index >= 15 is 0 Å². The highest BCUT2D eigenvalue weighted by molar-refractivity contribution is 5.92. The van der Waals surface area contributed by atoms with E-state index in [-0.39, 0.29) is 23.8 Å². The van der Waals surface area contributed by atoms with Crippen molar-refractivity contribution in [2.45, 2.75) is 77.4 Å². The predicted molar refractivity (Wildman–Crippen MR) is 141 cm³/mol. The molecule has 7 nitrogen and oxygen atoms in total. The summed E-state index contributed by atoms with van der Waals surface area (Å²) in [6.45, 7) is 9.70. The third-order valence-electron chi connectivity index (χ3n) is 7.93. The summed E-state index contributed by atoms with van der Waals surface area (Å²) in [4.78, 5) is 44.1. The molecule has 4 rings (SSSR count). The van der Waals surface area contributed by atoms with Crippen LogP contribution in [0.15, 0.2) is 42.0 Å². The molecule has 3 heterocycles. The molecule has 0 aliphatic carbocycles. The fourth-order valence-corrected chi connectivity index (χ4v) is 6.12. The molecule has 3 aliphatic rings. The van der Waals surface area contributed by atoms with Gasteiger partial charge in [0.05, 0.1) is 0 Å². The van der Waals surface area contributed by atoms with Crippen molar-refractivity contribution in [3.05, 3.63) is 47.5 Å². The summed E-state index contributed by atoms with van der Waals surface area (Å²) < 4.78 is 0. The molecule has 7 heteroatoms. The third kappa shape index (κ3) is 6.75. The van der Waals surface area contributed by atoms with Gasteiger partial charge in [-0.15, -0.1) is 0 Å². The van der Waals surface area contributed by atoms with Crippen molar-refractivity contribution in [2.24, 2.45) is 11.8 Å². The number of nitrogens with one attached hydrogen (secondary N) is 2. The van der Waals surface area contributed by atoms with Crippen molar-refractivity contribution < 1.29 is 14.4 Å². The van der Waals surface area contributed by atoms with Crippen molar-refractivity contribution in [2.75, 3.05) is 26.2 Å². The van der Waals surface area contributed by atoms with Gasteiger partial charge in [0.25, 0.3) is 0 Å². The van der Waals surface area contributed by atoms with Crippen molar-refractivity contribution in [3.8, 4) is 0 Å². The minimum absolute atomic E-state index is 0.00880. The van der Waals surface area contributed by atoms with Gasteiger partial charge in [-0.05, 0) is 70.3 Å². The first-order valence-electron chi connectivity index (χ1n) is 13.6. The summed E-state index contributed by atoms with van der Waals surface area (Å²) in [6.07, 6.45) is 6.51. The first-order valence-corrected chi connectivity index (χ1v) is 13.6. The molecule has 1 aromatic carbocycles. The zero-order chi connectivity index (χ0) is 25.7. The molecule has 5 atom stereocenters. The number of hydrogen-bond donors (Lipinski definition) is 2. The Labute approximate surface area is 215 Å². The standard InChI is InChI=1S/C29H42N4O3/c1-20(2)14-15-32-17-23-16-24(19-32)26-10-7-11-27(34)31-25(13-12-22-8-5-4-6-9-22)28(35)30-21(3)29(36)33(26)18-23/h4-6,8-9,14,21,23-26H,7,10-13,15-19H2,1-3H3,(H,30,35)(H,31,34)/t21-,23+,24-,25?,26+/m1/s1. The van der Waals surface area contributed by atoms with Crippen LogP contribution in [-0.4, -0.2) is 71.8 Å². The molecule has 3 amide bonds. The van der Waals surface area contributed by atoms with Crippen LogP contribution < -0.4 is 10.6 Å². The lowest BCUT2D eigenvalue weighted by Crippen LogP contribution is -2.62. The van der Waals surface area contributed by atoms with Crippen LogP contribution in [-0.2, 0) is 20.8 Å². The third-order valence-corrected chi connectivity index (χ3v) is 7.93. The van der Waals surface area contributed by atoms with Gasteiger partial charge < -0.3 is 15.5 Å². The molecule has 1 aromatic rings. The smallest absolute Gasteiger partial charge is 0.245 e. The van der Waals surface area contributed by atoms with E-state index in [1.165, 1.54) is 5.57 Å². The summed E-state index contributed by atoms with van der Waals surface area (Å²) in [6, 6.07) is 8.81. The maximum absolute atomic E-state index is 13.6. The summed E-state index contributed by atoms with van der Waals surface area (Å²) in [5, 5.41) is 5.88. The van der Waals surface area contributed by atoms with E-state index in [9.17, 15) is 14.4 Å². The number of fused-ring (bicyclic) bond motifs is 4. The molecule has 3 fully saturated rings. The lowest BCUT2D eigenvalue weighted by atomic mass is 9.77. The van der Waals surface area contributed by atoms with Crippen LogP contribution in [0.25, 0.3) is 0 Å². The number of aryl methyl sites for hydroxylation is 1. The van der Waals surface area contributed by atoms with Gasteiger partial charge in [0, 0.05) is 38.6 Å². The highest BCUT2D eigenvalue weighted by Gasteiger charge is 2.43. The Morgan fingerprint density at radius 3 is 2.58 bits per heavy atom. The monoisotopic (exact) mass is 494 g/mol. The number of nitrogens with zero attached hydrogens (tertiary/aromatic N) is 2. The molecule has 2 N–H and O–H groups in total. The van der Waals surface area contributed by atoms with E-state index in [4.69, 9.17) is 0 Å². The van der Waals surface area contributed by atoms with E-state index in [0.29, 0.717) is 31.1 Å². The number of allylic oxidation sites excluding steroid dienone is 1. The van der Waals surface area contributed by atoms with Gasteiger partial charge in [-0.3, -0.25) is 19.3 Å². The molecule has 1 unspecified atom stereocenters. The molecule has 0 saturated carbocycles. The lowest BCUT2D eigenvalue weighted by molar-refractivity contribution is -0.145. The summed E-state index contributed by atoms with van der Waals surface area (Å²) >= 11 is 0. The maximum Gasteiger partial charge on any atom is 0.245 e. The first kappa shape index (κ1) is 26.4. The normalized spacial score (nSPS) is 29.8. The molecular formula is C29H42N4O3. The lowest BCUT2D eigenvalue weighted by Gasteiger charge is -2.51. The Hall–Kier alpha value is -2.67. The van der Waals surface area contributed by atoms with Crippen LogP contribution in [0.5, 0.6) is 0 Å². The minimum Gasteiger partial charge on any atom is -0.344 e. The molecule has 3 saturated heterocycles. The topological polar surface area (TPSA) is 81.8 Å². The van der Waals surface area contributed by atoms with Gasteiger partial charge in [-0.2, -0.15) is 0 Å². The molecule has 2 bridgehead atoms. The van der Waals surface area contributed by atoms with E-state index in [0.717, 1.165) is 51.0 Å². The quantitative estimate of drug-likeness (QED) is 0.617. The second kappa shape index (κ2) is 12.0. The van der Waals surface area contributed by atoms with Crippen LogP contribution in [0.2, 0.25) is 0 Å². The maximum atomic E-state index is 13.6. The summed E-state index contributed by atoms with van der Waals surface area (Å²) in [7, 11) is 0. The zero-order valence-corrected chi connectivity index (χ0v) is 22.0. The van der Waals surface area contributed by atoms with Crippen LogP contribution in [0.1, 0.15) is 58.4 Å². The Kier molecular flexibility index (Phi) is 8.83. The predicted octanol–water partition coefficient (Wildman–Crippen LogP) is 2.91. The molecule has 3 aliphatic heterocycles. The Morgan fingerprint density at radius 1 is 1.06 bits per heavy atom. The van der Waals surface area contributed by atoms with Gasteiger partial charge in [0.15, 0.2) is 0 Å². The largest absolute Gasteiger partial charge is 0.344 e. The number of amides is 3. The van der Waals surface area contributed by atoms with Gasteiger partial charge in [0.2, 0.25) is 17.7 Å². The van der Waals surface area contributed by atoms with Crippen molar-refractivity contribution in [3.63, 3.8) is 0 Å². The van der Waals surface area contributed by atoms with Crippen molar-refractivity contribution in [1.29, 1.82) is 0 Å². The average molecular weight is 495 g/mol. The second-order valence-corrected chi connectivity index (χ2v) is 11.2. The van der Waals surface area contributed by atoms with E-state index in [2.05, 4.69) is 35.5 Å². The summed E-state index contributed by atoms with van der Waals surface area (Å²) in [5.74, 6) is 0.500. The number of benzene rings is 1. The second-order valence-electron chi connectivity index (χ2n) is 11.2. The number of carbonyl (C=O) groups excluding carboxylic acids is 3. The molecule has 36 heavy (non-hydrogen) atoms. The molecule has 0 aromatic heterocycles. The van der Waals surface area contributed by atoms with Crippen molar-refractivity contribution >= 4 is 17.7 Å². The van der Waals surface area contributed by atoms with Crippen molar-refractivity contribution in [1.82, 2.24) is 20.4 Å². The van der Waals surface area contributed by atoms with Crippen LogP contribution in [0.3, 0.4) is 0 Å². The highest BCUT2D eigenvalue weighted by atomic mass is 16.2. The molecule has 0 spiro atoms. The number of likely N-dealkylation sites (tertiary alicyclic amines) is 1. The zero-order valence-electron chi connectivity index (χ0n) is 22.0. The number of rotatable bonds is 5. The average Bonchev–Trinajstić information content (AvgIpc) is 2.85. The minimum atomic E-state index is -0.646. The van der Waals surface area contributed by atoms with Gasteiger partial charge >= 0.3 is 0 Å². The Morgan fingerprint density at radius 2 is 1.83 bits per heavy atom. The fourth-order valence-electron chi connectivity index (χ4n) is 6.12. The Balaban J connectivity index is 1.46.